The molecule has 0 saturated heterocycles. The largest absolute Gasteiger partial charge is 0.507 e. The van der Waals surface area contributed by atoms with Gasteiger partial charge in [-0.2, -0.15) is 0 Å². The molecule has 0 aliphatic heterocycles. The second-order valence-corrected chi connectivity index (χ2v) is 4.46. The number of phenolic OH excluding ortho intramolecular Hbond substituents is 1. The first-order valence-electron chi connectivity index (χ1n) is 5.09. The van der Waals surface area contributed by atoms with Gasteiger partial charge in [0.2, 0.25) is 0 Å². The first kappa shape index (κ1) is 12.5. The van der Waals surface area contributed by atoms with Crippen LogP contribution in [0.2, 0.25) is 0 Å². The van der Waals surface area contributed by atoms with Crippen molar-refractivity contribution in [3.05, 3.63) is 28.2 Å². The summed E-state index contributed by atoms with van der Waals surface area (Å²) in [7, 11) is 0. The number of nitrogens with two attached hydrogens (primary N) is 2. The molecule has 0 aromatic heterocycles. The molecule has 0 saturated carbocycles. The van der Waals surface area contributed by atoms with Crippen molar-refractivity contribution in [2.24, 2.45) is 11.5 Å². The minimum atomic E-state index is 0.0217. The molecule has 3 nitrogen and oxygen atoms in total. The number of benzene rings is 1. The lowest BCUT2D eigenvalue weighted by molar-refractivity contribution is 0.471. The van der Waals surface area contributed by atoms with Gasteiger partial charge in [0.15, 0.2) is 0 Å². The maximum Gasteiger partial charge on any atom is 0.129 e. The van der Waals surface area contributed by atoms with Gasteiger partial charge in [0, 0.05) is 6.04 Å². The van der Waals surface area contributed by atoms with Gasteiger partial charge in [0.05, 0.1) is 4.47 Å². The van der Waals surface area contributed by atoms with E-state index in [1.54, 1.807) is 6.07 Å². The van der Waals surface area contributed by atoms with Gasteiger partial charge in [-0.05, 0) is 53.0 Å². The second-order valence-electron chi connectivity index (χ2n) is 3.60. The first-order chi connectivity index (χ1) is 7.15. The summed E-state index contributed by atoms with van der Waals surface area (Å²) in [6.45, 7) is 0.714. The van der Waals surface area contributed by atoms with E-state index in [1.807, 2.05) is 12.1 Å². The minimum Gasteiger partial charge on any atom is -0.507 e. The molecule has 1 aromatic carbocycles. The quantitative estimate of drug-likeness (QED) is 0.721. The predicted octanol–water partition coefficient (Wildman–Crippen LogP) is 2.28. The van der Waals surface area contributed by atoms with Crippen LogP contribution in [-0.2, 0) is 0 Å². The fourth-order valence-electron chi connectivity index (χ4n) is 1.43. The summed E-state index contributed by atoms with van der Waals surface area (Å²) < 4.78 is 0.689. The Morgan fingerprint density at radius 1 is 1.33 bits per heavy atom. The summed E-state index contributed by atoms with van der Waals surface area (Å²) in [6.07, 6.45) is 2.97. The van der Waals surface area contributed by atoms with Gasteiger partial charge < -0.3 is 16.6 Å². The average molecular weight is 273 g/mol. The van der Waals surface area contributed by atoms with Crippen molar-refractivity contribution in [3.8, 4) is 5.75 Å². The van der Waals surface area contributed by atoms with Crippen LogP contribution in [0.15, 0.2) is 22.7 Å². The van der Waals surface area contributed by atoms with Gasteiger partial charge in [0.1, 0.15) is 5.75 Å². The fraction of sp³-hybridized carbons (Fsp3) is 0.455. The molecule has 5 N–H and O–H groups in total. The Morgan fingerprint density at radius 3 is 2.67 bits per heavy atom. The van der Waals surface area contributed by atoms with Crippen LogP contribution in [0.4, 0.5) is 0 Å². The maximum atomic E-state index is 9.34. The van der Waals surface area contributed by atoms with Crippen molar-refractivity contribution >= 4 is 15.9 Å². The molecule has 0 radical (unpaired) electrons. The lowest BCUT2D eigenvalue weighted by atomic mass is 10.0. The Labute approximate surface area is 98.6 Å². The number of hydrogen-bond acceptors (Lipinski definition) is 3. The van der Waals surface area contributed by atoms with Gasteiger partial charge in [-0.3, -0.25) is 0 Å². The van der Waals surface area contributed by atoms with Crippen LogP contribution in [0.1, 0.15) is 30.9 Å². The molecule has 0 unspecified atom stereocenters. The van der Waals surface area contributed by atoms with Crippen molar-refractivity contribution in [1.82, 2.24) is 0 Å². The number of hydrogen-bond donors (Lipinski definition) is 3. The van der Waals surface area contributed by atoms with Gasteiger partial charge in [-0.15, -0.1) is 0 Å². The summed E-state index contributed by atoms with van der Waals surface area (Å²) in [6, 6.07) is 5.39. The Morgan fingerprint density at radius 2 is 2.07 bits per heavy atom. The van der Waals surface area contributed by atoms with E-state index in [4.69, 9.17) is 11.5 Å². The topological polar surface area (TPSA) is 72.3 Å². The monoisotopic (exact) mass is 272 g/mol. The molecule has 1 aromatic rings. The zero-order valence-electron chi connectivity index (χ0n) is 8.62. The van der Waals surface area contributed by atoms with E-state index >= 15 is 0 Å². The number of rotatable bonds is 5. The summed E-state index contributed by atoms with van der Waals surface area (Å²) in [5.74, 6) is 0.243. The molecule has 15 heavy (non-hydrogen) atoms. The number of unbranched alkanes of at least 4 members (excludes halogenated alkanes) is 1. The zero-order valence-corrected chi connectivity index (χ0v) is 10.2. The molecule has 0 fully saturated rings. The number of phenols is 1. The van der Waals surface area contributed by atoms with E-state index in [0.717, 1.165) is 24.8 Å². The first-order valence-corrected chi connectivity index (χ1v) is 5.88. The third kappa shape index (κ3) is 3.81. The molecule has 0 heterocycles. The third-order valence-corrected chi connectivity index (χ3v) is 3.00. The van der Waals surface area contributed by atoms with Crippen LogP contribution in [0.25, 0.3) is 0 Å². The fourth-order valence-corrected chi connectivity index (χ4v) is 1.83. The standard InChI is InChI=1S/C11H17BrN2O/c12-9-7-8(4-5-11(9)15)10(14)3-1-2-6-13/h4-5,7,10,15H,1-3,6,13-14H2/t10-/m0/s1. The van der Waals surface area contributed by atoms with Crippen molar-refractivity contribution in [2.75, 3.05) is 6.54 Å². The highest BCUT2D eigenvalue weighted by Gasteiger charge is 2.07. The molecule has 0 spiro atoms. The van der Waals surface area contributed by atoms with Crippen LogP contribution >= 0.6 is 15.9 Å². The van der Waals surface area contributed by atoms with Crippen molar-refractivity contribution in [3.63, 3.8) is 0 Å². The van der Waals surface area contributed by atoms with Crippen molar-refractivity contribution in [2.45, 2.75) is 25.3 Å². The number of halogens is 1. The highest BCUT2D eigenvalue weighted by atomic mass is 79.9. The molecule has 0 amide bonds. The van der Waals surface area contributed by atoms with Crippen LogP contribution in [0.3, 0.4) is 0 Å². The van der Waals surface area contributed by atoms with Crippen LogP contribution in [0, 0.1) is 0 Å². The van der Waals surface area contributed by atoms with Crippen molar-refractivity contribution in [1.29, 1.82) is 0 Å². The van der Waals surface area contributed by atoms with E-state index in [-0.39, 0.29) is 11.8 Å². The normalized spacial score (nSPS) is 12.7. The maximum absolute atomic E-state index is 9.34. The van der Waals surface area contributed by atoms with E-state index < -0.39 is 0 Å². The Hall–Kier alpha value is -0.580. The van der Waals surface area contributed by atoms with Gasteiger partial charge >= 0.3 is 0 Å². The Balaban J connectivity index is 2.57. The second kappa shape index (κ2) is 6.10. The molecule has 1 rings (SSSR count). The van der Waals surface area contributed by atoms with Gasteiger partial charge in [-0.1, -0.05) is 12.5 Å². The summed E-state index contributed by atoms with van der Waals surface area (Å²) in [4.78, 5) is 0. The summed E-state index contributed by atoms with van der Waals surface area (Å²) in [5.41, 5.74) is 12.5. The molecular formula is C11H17BrN2O. The Kier molecular flexibility index (Phi) is 5.08. The van der Waals surface area contributed by atoms with E-state index in [0.29, 0.717) is 11.0 Å². The Bertz CT molecular complexity index is 317. The predicted molar refractivity (Wildman–Crippen MR) is 65.6 cm³/mol. The molecule has 0 aliphatic rings. The highest BCUT2D eigenvalue weighted by molar-refractivity contribution is 9.10. The minimum absolute atomic E-state index is 0.0217. The molecular weight excluding hydrogens is 256 g/mol. The molecule has 0 aliphatic carbocycles. The van der Waals surface area contributed by atoms with Gasteiger partial charge in [0.25, 0.3) is 0 Å². The molecule has 1 atom stereocenters. The molecule has 4 heteroatoms. The summed E-state index contributed by atoms with van der Waals surface area (Å²) >= 11 is 3.27. The lowest BCUT2D eigenvalue weighted by Crippen LogP contribution is -2.11. The van der Waals surface area contributed by atoms with Gasteiger partial charge in [-0.25, -0.2) is 0 Å². The van der Waals surface area contributed by atoms with Crippen LogP contribution in [0.5, 0.6) is 5.75 Å². The molecule has 0 bridgehead atoms. The SMILES string of the molecule is NCCCC[C@H](N)c1ccc(O)c(Br)c1. The van der Waals surface area contributed by atoms with E-state index in [2.05, 4.69) is 15.9 Å². The number of aromatic hydroxyl groups is 1. The van der Waals surface area contributed by atoms with E-state index in [1.165, 1.54) is 0 Å². The van der Waals surface area contributed by atoms with Crippen molar-refractivity contribution < 1.29 is 5.11 Å². The lowest BCUT2D eigenvalue weighted by Gasteiger charge is -2.12. The zero-order chi connectivity index (χ0) is 11.3. The van der Waals surface area contributed by atoms with Crippen LogP contribution < -0.4 is 11.5 Å². The highest BCUT2D eigenvalue weighted by Crippen LogP contribution is 2.27. The smallest absolute Gasteiger partial charge is 0.129 e. The average Bonchev–Trinajstić information content (AvgIpc) is 2.22. The van der Waals surface area contributed by atoms with E-state index in [9.17, 15) is 5.11 Å². The summed E-state index contributed by atoms with van der Waals surface area (Å²) in [5, 5.41) is 9.34. The third-order valence-electron chi connectivity index (χ3n) is 2.37. The van der Waals surface area contributed by atoms with Crippen LogP contribution in [-0.4, -0.2) is 11.7 Å². The molecule has 84 valence electrons.